The van der Waals surface area contributed by atoms with Crippen LogP contribution in [0.15, 0.2) is 42.7 Å². The van der Waals surface area contributed by atoms with E-state index in [0.717, 1.165) is 24.2 Å². The maximum absolute atomic E-state index is 6.31. The number of hydrogen-bond donors (Lipinski definition) is 1. The SMILES string of the molecule is NC(c1ccccn1)C1CCc2cccnc21. The minimum absolute atomic E-state index is 0.0488. The minimum Gasteiger partial charge on any atom is -0.322 e. The zero-order chi connectivity index (χ0) is 11.7. The first-order chi connectivity index (χ1) is 8.36. The van der Waals surface area contributed by atoms with Gasteiger partial charge < -0.3 is 5.73 Å². The van der Waals surface area contributed by atoms with Gasteiger partial charge in [0.05, 0.1) is 11.7 Å². The summed E-state index contributed by atoms with van der Waals surface area (Å²) in [4.78, 5) is 8.82. The van der Waals surface area contributed by atoms with Gasteiger partial charge in [-0.2, -0.15) is 0 Å². The second-order valence-corrected chi connectivity index (χ2v) is 4.47. The molecule has 2 unspecified atom stereocenters. The van der Waals surface area contributed by atoms with E-state index in [9.17, 15) is 0 Å². The number of fused-ring (bicyclic) bond motifs is 1. The van der Waals surface area contributed by atoms with Crippen LogP contribution in [0.3, 0.4) is 0 Å². The topological polar surface area (TPSA) is 51.8 Å². The molecule has 86 valence electrons. The molecule has 17 heavy (non-hydrogen) atoms. The van der Waals surface area contributed by atoms with Crippen LogP contribution >= 0.6 is 0 Å². The van der Waals surface area contributed by atoms with Crippen LogP contribution in [0, 0.1) is 0 Å². The molecule has 0 amide bonds. The van der Waals surface area contributed by atoms with Gasteiger partial charge in [0.15, 0.2) is 0 Å². The highest BCUT2D eigenvalue weighted by molar-refractivity contribution is 5.31. The highest BCUT2D eigenvalue weighted by Gasteiger charge is 2.30. The predicted octanol–water partition coefficient (Wildman–Crippen LogP) is 2.21. The van der Waals surface area contributed by atoms with Crippen molar-refractivity contribution >= 4 is 0 Å². The first-order valence-electron chi connectivity index (χ1n) is 5.96. The van der Waals surface area contributed by atoms with E-state index >= 15 is 0 Å². The number of rotatable bonds is 2. The number of aromatic nitrogens is 2. The third kappa shape index (κ3) is 1.83. The normalized spacial score (nSPS) is 19.9. The summed E-state index contributed by atoms with van der Waals surface area (Å²) in [6, 6.07) is 9.98. The molecule has 0 saturated carbocycles. The van der Waals surface area contributed by atoms with Crippen LogP contribution in [0.2, 0.25) is 0 Å². The summed E-state index contributed by atoms with van der Waals surface area (Å²) >= 11 is 0. The quantitative estimate of drug-likeness (QED) is 0.852. The van der Waals surface area contributed by atoms with Crippen molar-refractivity contribution in [2.24, 2.45) is 5.73 Å². The second-order valence-electron chi connectivity index (χ2n) is 4.47. The van der Waals surface area contributed by atoms with Crippen molar-refractivity contribution in [3.8, 4) is 0 Å². The Labute approximate surface area is 101 Å². The zero-order valence-corrected chi connectivity index (χ0v) is 9.58. The van der Waals surface area contributed by atoms with Crippen molar-refractivity contribution in [1.29, 1.82) is 0 Å². The molecule has 0 aromatic carbocycles. The average molecular weight is 225 g/mol. The van der Waals surface area contributed by atoms with E-state index in [-0.39, 0.29) is 6.04 Å². The van der Waals surface area contributed by atoms with Crippen molar-refractivity contribution in [3.05, 3.63) is 59.7 Å². The highest BCUT2D eigenvalue weighted by Crippen LogP contribution is 2.38. The molecular formula is C14H15N3. The van der Waals surface area contributed by atoms with E-state index in [1.807, 2.05) is 30.5 Å². The molecule has 0 saturated heterocycles. The third-order valence-electron chi connectivity index (χ3n) is 3.46. The van der Waals surface area contributed by atoms with E-state index in [1.165, 1.54) is 5.56 Å². The van der Waals surface area contributed by atoms with Gasteiger partial charge in [-0.3, -0.25) is 9.97 Å². The fraction of sp³-hybridized carbons (Fsp3) is 0.286. The summed E-state index contributed by atoms with van der Waals surface area (Å²) in [5.74, 6) is 0.307. The van der Waals surface area contributed by atoms with Crippen molar-refractivity contribution in [2.75, 3.05) is 0 Å². The van der Waals surface area contributed by atoms with Crippen LogP contribution in [0.1, 0.15) is 35.3 Å². The lowest BCUT2D eigenvalue weighted by Gasteiger charge is -2.18. The van der Waals surface area contributed by atoms with Crippen molar-refractivity contribution in [1.82, 2.24) is 9.97 Å². The van der Waals surface area contributed by atoms with Crippen LogP contribution < -0.4 is 5.73 Å². The fourth-order valence-corrected chi connectivity index (χ4v) is 2.57. The monoisotopic (exact) mass is 225 g/mol. The van der Waals surface area contributed by atoms with Gasteiger partial charge in [0.1, 0.15) is 0 Å². The summed E-state index contributed by atoms with van der Waals surface area (Å²) in [7, 11) is 0. The standard InChI is InChI=1S/C14H15N3/c15-13(12-5-1-2-8-16-12)11-7-6-10-4-3-9-17-14(10)11/h1-5,8-9,11,13H,6-7,15H2. The largest absolute Gasteiger partial charge is 0.322 e. The smallest absolute Gasteiger partial charge is 0.0577 e. The molecule has 0 spiro atoms. The van der Waals surface area contributed by atoms with Crippen LogP contribution in [-0.4, -0.2) is 9.97 Å². The summed E-state index contributed by atoms with van der Waals surface area (Å²) in [5, 5.41) is 0. The molecule has 3 rings (SSSR count). The Morgan fingerprint density at radius 2 is 2.00 bits per heavy atom. The highest BCUT2D eigenvalue weighted by atomic mass is 14.8. The van der Waals surface area contributed by atoms with Gasteiger partial charge >= 0.3 is 0 Å². The molecule has 0 aliphatic heterocycles. The van der Waals surface area contributed by atoms with Crippen LogP contribution in [0.25, 0.3) is 0 Å². The first kappa shape index (κ1) is 10.4. The lowest BCUT2D eigenvalue weighted by Crippen LogP contribution is -2.19. The van der Waals surface area contributed by atoms with E-state index in [4.69, 9.17) is 5.73 Å². The molecule has 3 nitrogen and oxygen atoms in total. The molecule has 1 aliphatic carbocycles. The number of nitrogens with zero attached hydrogens (tertiary/aromatic N) is 2. The molecular weight excluding hydrogens is 210 g/mol. The Balaban J connectivity index is 1.92. The maximum atomic E-state index is 6.31. The Morgan fingerprint density at radius 3 is 2.82 bits per heavy atom. The molecule has 2 atom stereocenters. The van der Waals surface area contributed by atoms with Crippen LogP contribution in [0.5, 0.6) is 0 Å². The average Bonchev–Trinajstić information content (AvgIpc) is 2.83. The van der Waals surface area contributed by atoms with E-state index in [2.05, 4.69) is 16.0 Å². The molecule has 2 heterocycles. The minimum atomic E-state index is -0.0488. The van der Waals surface area contributed by atoms with Crippen molar-refractivity contribution < 1.29 is 0 Å². The Bertz CT molecular complexity index is 510. The van der Waals surface area contributed by atoms with Gasteiger partial charge in [-0.05, 0) is 36.6 Å². The molecule has 0 radical (unpaired) electrons. The lowest BCUT2D eigenvalue weighted by molar-refractivity contribution is 0.530. The van der Waals surface area contributed by atoms with Gasteiger partial charge in [0.25, 0.3) is 0 Å². The van der Waals surface area contributed by atoms with Gasteiger partial charge in [-0.15, -0.1) is 0 Å². The third-order valence-corrected chi connectivity index (χ3v) is 3.46. The number of pyridine rings is 2. The molecule has 3 heteroatoms. The van der Waals surface area contributed by atoms with Gasteiger partial charge in [-0.25, -0.2) is 0 Å². The molecule has 0 bridgehead atoms. The van der Waals surface area contributed by atoms with Crippen LogP contribution in [-0.2, 0) is 6.42 Å². The second kappa shape index (κ2) is 4.26. The Kier molecular flexibility index (Phi) is 2.61. The van der Waals surface area contributed by atoms with Crippen molar-refractivity contribution in [2.45, 2.75) is 24.8 Å². The van der Waals surface area contributed by atoms with Crippen LogP contribution in [0.4, 0.5) is 0 Å². The number of nitrogens with two attached hydrogens (primary N) is 1. The maximum Gasteiger partial charge on any atom is 0.0577 e. The fourth-order valence-electron chi connectivity index (χ4n) is 2.57. The summed E-state index contributed by atoms with van der Waals surface area (Å²) in [5.41, 5.74) is 9.76. The first-order valence-corrected chi connectivity index (χ1v) is 5.96. The molecule has 0 fully saturated rings. The Morgan fingerprint density at radius 1 is 1.12 bits per heavy atom. The van der Waals surface area contributed by atoms with E-state index < -0.39 is 0 Å². The summed E-state index contributed by atoms with van der Waals surface area (Å²) in [6.07, 6.45) is 5.80. The number of hydrogen-bond acceptors (Lipinski definition) is 3. The van der Waals surface area contributed by atoms with E-state index in [1.54, 1.807) is 6.20 Å². The van der Waals surface area contributed by atoms with Crippen molar-refractivity contribution in [3.63, 3.8) is 0 Å². The number of aryl methyl sites for hydroxylation is 1. The van der Waals surface area contributed by atoms with Gasteiger partial charge in [0.2, 0.25) is 0 Å². The van der Waals surface area contributed by atoms with E-state index in [0.29, 0.717) is 5.92 Å². The summed E-state index contributed by atoms with van der Waals surface area (Å²) < 4.78 is 0. The molecule has 2 aromatic heterocycles. The predicted molar refractivity (Wildman–Crippen MR) is 66.5 cm³/mol. The molecule has 2 aromatic rings. The molecule has 2 N–H and O–H groups in total. The Hall–Kier alpha value is -1.74. The van der Waals surface area contributed by atoms with Gasteiger partial charge in [-0.1, -0.05) is 12.1 Å². The zero-order valence-electron chi connectivity index (χ0n) is 9.58. The van der Waals surface area contributed by atoms with Gasteiger partial charge in [0, 0.05) is 24.0 Å². The molecule has 1 aliphatic rings. The lowest BCUT2D eigenvalue weighted by atomic mass is 9.95. The summed E-state index contributed by atoms with van der Waals surface area (Å²) in [6.45, 7) is 0.